The molecule has 0 aliphatic heterocycles. The van der Waals surface area contributed by atoms with E-state index in [1.165, 1.54) is 17.7 Å². The first kappa shape index (κ1) is 18.1. The Morgan fingerprint density at radius 1 is 1.08 bits per heavy atom. The maximum atomic E-state index is 12.1. The molecule has 0 fully saturated rings. The molecule has 2 rings (SSSR count). The van der Waals surface area contributed by atoms with Gasteiger partial charge in [0.05, 0.1) is 0 Å². The molecule has 1 atom stereocenters. The van der Waals surface area contributed by atoms with Crippen molar-refractivity contribution in [2.75, 3.05) is 5.32 Å². The van der Waals surface area contributed by atoms with Crippen LogP contribution in [0, 0.1) is 0 Å². The van der Waals surface area contributed by atoms with Gasteiger partial charge in [-0.1, -0.05) is 30.3 Å². The van der Waals surface area contributed by atoms with Crippen molar-refractivity contribution in [3.63, 3.8) is 0 Å². The molecule has 2 aromatic rings. The first-order valence-electron chi connectivity index (χ1n) is 7.69. The van der Waals surface area contributed by atoms with Gasteiger partial charge in [0.15, 0.2) is 5.11 Å². The van der Waals surface area contributed by atoms with Crippen molar-refractivity contribution in [2.45, 2.75) is 32.4 Å². The predicted molar refractivity (Wildman–Crippen MR) is 96.7 cm³/mol. The molecule has 0 radical (unpaired) electrons. The first-order valence-corrected chi connectivity index (χ1v) is 8.10. The quantitative estimate of drug-likeness (QED) is 0.715. The summed E-state index contributed by atoms with van der Waals surface area (Å²) in [7, 11) is 0. The summed E-state index contributed by atoms with van der Waals surface area (Å²) in [6.45, 7) is -0.756. The summed E-state index contributed by atoms with van der Waals surface area (Å²) < 4.78 is 28.5. The topological polar surface area (TPSA) is 33.3 Å². The number of nitrogens with one attached hydrogen (secondary N) is 2. The lowest BCUT2D eigenvalue weighted by Crippen LogP contribution is -2.36. The Hall–Kier alpha value is -2.21. The second kappa shape index (κ2) is 9.17. The average molecular weight is 350 g/mol. The number of ether oxygens (including phenoxy) is 1. The van der Waals surface area contributed by atoms with Crippen LogP contribution in [-0.2, 0) is 6.42 Å². The summed E-state index contributed by atoms with van der Waals surface area (Å²) in [5.74, 6) is 0.116. The normalized spacial score (nSPS) is 11.8. The van der Waals surface area contributed by atoms with Crippen LogP contribution in [0.5, 0.6) is 5.75 Å². The number of hydrogen-bond donors (Lipinski definition) is 2. The number of anilines is 1. The molecule has 24 heavy (non-hydrogen) atoms. The average Bonchev–Trinajstić information content (AvgIpc) is 2.55. The van der Waals surface area contributed by atoms with Crippen LogP contribution < -0.4 is 15.4 Å². The fourth-order valence-corrected chi connectivity index (χ4v) is 2.53. The van der Waals surface area contributed by atoms with Crippen LogP contribution >= 0.6 is 12.2 Å². The van der Waals surface area contributed by atoms with Crippen molar-refractivity contribution in [3.05, 3.63) is 60.2 Å². The summed E-state index contributed by atoms with van der Waals surface area (Å²) in [6, 6.07) is 16.7. The number of halogens is 2. The van der Waals surface area contributed by atoms with Crippen LogP contribution in [0.15, 0.2) is 54.6 Å². The molecule has 0 spiro atoms. The molecule has 0 bridgehead atoms. The van der Waals surface area contributed by atoms with E-state index in [1.807, 2.05) is 18.2 Å². The van der Waals surface area contributed by atoms with Gasteiger partial charge in [-0.3, -0.25) is 0 Å². The summed E-state index contributed by atoms with van der Waals surface area (Å²) in [5.41, 5.74) is 2.00. The fourth-order valence-electron chi connectivity index (χ4n) is 2.21. The Morgan fingerprint density at radius 3 is 2.38 bits per heavy atom. The zero-order valence-electron chi connectivity index (χ0n) is 13.3. The van der Waals surface area contributed by atoms with E-state index < -0.39 is 6.61 Å². The Balaban J connectivity index is 1.75. The van der Waals surface area contributed by atoms with Crippen LogP contribution in [0.25, 0.3) is 0 Å². The van der Waals surface area contributed by atoms with Gasteiger partial charge < -0.3 is 15.4 Å². The van der Waals surface area contributed by atoms with Crippen LogP contribution in [0.4, 0.5) is 14.5 Å². The zero-order chi connectivity index (χ0) is 17.4. The first-order chi connectivity index (χ1) is 11.5. The van der Waals surface area contributed by atoms with Crippen LogP contribution in [0.2, 0.25) is 0 Å². The maximum absolute atomic E-state index is 12.1. The maximum Gasteiger partial charge on any atom is 0.387 e. The molecule has 0 amide bonds. The smallest absolute Gasteiger partial charge is 0.387 e. The second-order valence-corrected chi connectivity index (χ2v) is 5.83. The highest BCUT2D eigenvalue weighted by Gasteiger charge is 2.06. The minimum atomic E-state index is -2.82. The van der Waals surface area contributed by atoms with Gasteiger partial charge in [0.1, 0.15) is 5.75 Å². The van der Waals surface area contributed by atoms with Gasteiger partial charge in [0.2, 0.25) is 0 Å². The molecule has 0 aliphatic rings. The van der Waals surface area contributed by atoms with E-state index in [0.29, 0.717) is 10.8 Å². The van der Waals surface area contributed by atoms with Crippen molar-refractivity contribution in [3.8, 4) is 5.75 Å². The van der Waals surface area contributed by atoms with Crippen molar-refractivity contribution in [1.82, 2.24) is 5.32 Å². The third-order valence-electron chi connectivity index (χ3n) is 3.42. The number of alkyl halides is 2. The molecule has 0 saturated heterocycles. The number of thiocarbonyl (C=S) groups is 1. The summed E-state index contributed by atoms with van der Waals surface area (Å²) in [5, 5.41) is 6.74. The van der Waals surface area contributed by atoms with Gasteiger partial charge in [-0.05, 0) is 61.8 Å². The second-order valence-electron chi connectivity index (χ2n) is 5.43. The van der Waals surface area contributed by atoms with E-state index in [2.05, 4.69) is 34.4 Å². The Labute approximate surface area is 146 Å². The summed E-state index contributed by atoms with van der Waals surface area (Å²) >= 11 is 5.27. The molecular weight excluding hydrogens is 330 g/mol. The molecule has 0 aromatic heterocycles. The highest BCUT2D eigenvalue weighted by Crippen LogP contribution is 2.17. The number of rotatable bonds is 7. The SMILES string of the molecule is C[C@H](CCc1ccccc1)NC(=S)Nc1ccc(OC(F)F)cc1. The number of hydrogen-bond acceptors (Lipinski definition) is 2. The van der Waals surface area contributed by atoms with Gasteiger partial charge in [-0.2, -0.15) is 8.78 Å². The van der Waals surface area contributed by atoms with Gasteiger partial charge in [0.25, 0.3) is 0 Å². The third kappa shape index (κ3) is 6.50. The molecule has 3 nitrogen and oxygen atoms in total. The lowest BCUT2D eigenvalue weighted by molar-refractivity contribution is -0.0498. The van der Waals surface area contributed by atoms with E-state index in [-0.39, 0.29) is 11.8 Å². The Morgan fingerprint density at radius 2 is 1.75 bits per heavy atom. The van der Waals surface area contributed by atoms with Gasteiger partial charge in [-0.25, -0.2) is 0 Å². The van der Waals surface area contributed by atoms with Crippen molar-refractivity contribution in [2.24, 2.45) is 0 Å². The molecule has 0 saturated carbocycles. The number of aryl methyl sites for hydroxylation is 1. The van der Waals surface area contributed by atoms with E-state index >= 15 is 0 Å². The summed E-state index contributed by atoms with van der Waals surface area (Å²) in [4.78, 5) is 0. The van der Waals surface area contributed by atoms with Crippen molar-refractivity contribution in [1.29, 1.82) is 0 Å². The largest absolute Gasteiger partial charge is 0.435 e. The number of benzene rings is 2. The molecule has 0 unspecified atom stereocenters. The van der Waals surface area contributed by atoms with Crippen LogP contribution in [-0.4, -0.2) is 17.8 Å². The van der Waals surface area contributed by atoms with Gasteiger partial charge in [0, 0.05) is 11.7 Å². The van der Waals surface area contributed by atoms with E-state index in [1.54, 1.807) is 12.1 Å². The minimum absolute atomic E-state index is 0.116. The lowest BCUT2D eigenvalue weighted by Gasteiger charge is -2.17. The van der Waals surface area contributed by atoms with Crippen molar-refractivity contribution >= 4 is 23.0 Å². The van der Waals surface area contributed by atoms with Gasteiger partial charge in [-0.15, -0.1) is 0 Å². The highest BCUT2D eigenvalue weighted by atomic mass is 32.1. The molecule has 6 heteroatoms. The zero-order valence-corrected chi connectivity index (χ0v) is 14.2. The van der Waals surface area contributed by atoms with Crippen molar-refractivity contribution < 1.29 is 13.5 Å². The molecule has 2 aromatic carbocycles. The predicted octanol–water partition coefficient (Wildman–Crippen LogP) is 4.60. The van der Waals surface area contributed by atoms with Gasteiger partial charge >= 0.3 is 6.61 Å². The van der Waals surface area contributed by atoms with E-state index in [9.17, 15) is 8.78 Å². The molecule has 128 valence electrons. The van der Waals surface area contributed by atoms with E-state index in [0.717, 1.165) is 12.8 Å². The monoisotopic (exact) mass is 350 g/mol. The molecular formula is C18H20F2N2OS. The summed E-state index contributed by atoms with van der Waals surface area (Å²) in [6.07, 6.45) is 1.92. The molecule has 2 N–H and O–H groups in total. The third-order valence-corrected chi connectivity index (χ3v) is 3.64. The fraction of sp³-hybridized carbons (Fsp3) is 0.278. The standard InChI is InChI=1S/C18H20F2N2OS/c1-13(7-8-14-5-3-2-4-6-14)21-18(24)22-15-9-11-16(12-10-15)23-17(19)20/h2-6,9-13,17H,7-8H2,1H3,(H2,21,22,24)/t13-/m1/s1. The Kier molecular flexibility index (Phi) is 6.93. The minimum Gasteiger partial charge on any atom is -0.435 e. The van der Waals surface area contributed by atoms with Crippen LogP contribution in [0.3, 0.4) is 0 Å². The highest BCUT2D eigenvalue weighted by molar-refractivity contribution is 7.80. The Bertz CT molecular complexity index is 635. The lowest BCUT2D eigenvalue weighted by atomic mass is 10.1. The molecule has 0 aliphatic carbocycles. The van der Waals surface area contributed by atoms with E-state index in [4.69, 9.17) is 12.2 Å². The van der Waals surface area contributed by atoms with Crippen LogP contribution in [0.1, 0.15) is 18.9 Å². The molecule has 0 heterocycles.